The van der Waals surface area contributed by atoms with Gasteiger partial charge in [0.1, 0.15) is 0 Å². The van der Waals surface area contributed by atoms with Gasteiger partial charge in [-0.1, -0.05) is 24.3 Å². The molecule has 23 heavy (non-hydrogen) atoms. The Hall–Kier alpha value is -2.01. The number of aliphatic imine (C=N–C) groups is 1. The van der Waals surface area contributed by atoms with Gasteiger partial charge < -0.3 is 20.3 Å². The normalized spacial score (nSPS) is 15.1. The van der Waals surface area contributed by atoms with E-state index in [0.29, 0.717) is 6.54 Å². The molecule has 0 atom stereocenters. The molecular weight excluding hydrogens is 288 g/mol. The molecule has 126 valence electrons. The highest BCUT2D eigenvalue weighted by molar-refractivity contribution is 5.79. The molecule has 1 aromatic rings. The largest absolute Gasteiger partial charge is 0.377 e. The van der Waals surface area contributed by atoms with Gasteiger partial charge in [-0.25, -0.2) is 0 Å². The van der Waals surface area contributed by atoms with Gasteiger partial charge in [-0.05, 0) is 31.5 Å². The smallest absolute Gasteiger partial charge is 0.191 e. The monoisotopic (exact) mass is 316 g/mol. The Bertz CT molecular complexity index is 558. The molecule has 0 fully saturated rings. The number of methoxy groups -OCH3 is 1. The number of anilines is 1. The van der Waals surface area contributed by atoms with Gasteiger partial charge >= 0.3 is 0 Å². The summed E-state index contributed by atoms with van der Waals surface area (Å²) in [6, 6.07) is 8.62. The van der Waals surface area contributed by atoms with E-state index in [0.717, 1.165) is 25.6 Å². The number of hydrogen-bond donors (Lipinski definition) is 2. The van der Waals surface area contributed by atoms with Crippen molar-refractivity contribution in [3.8, 4) is 0 Å². The van der Waals surface area contributed by atoms with Crippen molar-refractivity contribution in [2.24, 2.45) is 4.99 Å². The van der Waals surface area contributed by atoms with Crippen LogP contribution in [-0.4, -0.2) is 45.4 Å². The van der Waals surface area contributed by atoms with Crippen LogP contribution in [0.25, 0.3) is 0 Å². The Balaban J connectivity index is 1.87. The molecule has 5 nitrogen and oxygen atoms in total. The standard InChI is InChI=1S/C18H28N4O/c1-18(2,23-4)14-21-17(19-3)20-13-15-8-7-9-16(12-15)22-10-5-6-11-22/h5-9,12H,10-11,13-14H2,1-4H3,(H2,19,20,21). The first kappa shape index (κ1) is 17.3. The van der Waals surface area contributed by atoms with Crippen LogP contribution < -0.4 is 15.5 Å². The van der Waals surface area contributed by atoms with Gasteiger partial charge in [0.05, 0.1) is 5.60 Å². The summed E-state index contributed by atoms with van der Waals surface area (Å²) in [5.74, 6) is 0.781. The fraction of sp³-hybridized carbons (Fsp3) is 0.500. The fourth-order valence-electron chi connectivity index (χ4n) is 2.33. The number of rotatable bonds is 6. The second kappa shape index (κ2) is 8.02. The molecule has 0 spiro atoms. The summed E-state index contributed by atoms with van der Waals surface area (Å²) < 4.78 is 5.41. The van der Waals surface area contributed by atoms with E-state index in [-0.39, 0.29) is 5.60 Å². The Labute approximate surface area is 139 Å². The molecule has 2 rings (SSSR count). The van der Waals surface area contributed by atoms with Gasteiger partial charge in [-0.2, -0.15) is 0 Å². The third kappa shape index (κ3) is 5.28. The number of guanidine groups is 1. The molecule has 0 aliphatic carbocycles. The summed E-state index contributed by atoms with van der Waals surface area (Å²) in [6.45, 7) is 7.50. The molecule has 1 heterocycles. The Morgan fingerprint density at radius 3 is 2.65 bits per heavy atom. The number of nitrogens with one attached hydrogen (secondary N) is 2. The van der Waals surface area contributed by atoms with Crippen LogP contribution in [0.15, 0.2) is 41.4 Å². The minimum atomic E-state index is -0.222. The minimum absolute atomic E-state index is 0.222. The second-order valence-electron chi connectivity index (χ2n) is 6.29. The quantitative estimate of drug-likeness (QED) is 0.480. The van der Waals surface area contributed by atoms with Crippen LogP contribution >= 0.6 is 0 Å². The van der Waals surface area contributed by atoms with Crippen LogP contribution in [0.4, 0.5) is 5.69 Å². The van der Waals surface area contributed by atoms with Crippen molar-refractivity contribution >= 4 is 11.6 Å². The lowest BCUT2D eigenvalue weighted by Crippen LogP contribution is -2.45. The van der Waals surface area contributed by atoms with Crippen molar-refractivity contribution < 1.29 is 4.74 Å². The SMILES string of the molecule is CN=C(NCc1cccc(N2CC=CC2)c1)NCC(C)(C)OC. The Kier molecular flexibility index (Phi) is 6.04. The first-order chi connectivity index (χ1) is 11.0. The molecule has 1 aliphatic heterocycles. The maximum Gasteiger partial charge on any atom is 0.191 e. The van der Waals surface area contributed by atoms with Crippen molar-refractivity contribution in [2.45, 2.75) is 26.0 Å². The lowest BCUT2D eigenvalue weighted by atomic mass is 10.1. The minimum Gasteiger partial charge on any atom is -0.377 e. The van der Waals surface area contributed by atoms with E-state index in [2.05, 4.69) is 56.9 Å². The van der Waals surface area contributed by atoms with Gasteiger partial charge in [-0.3, -0.25) is 4.99 Å². The van der Waals surface area contributed by atoms with Crippen molar-refractivity contribution in [2.75, 3.05) is 38.7 Å². The van der Waals surface area contributed by atoms with Crippen LogP contribution in [0.3, 0.4) is 0 Å². The summed E-state index contributed by atoms with van der Waals surface area (Å²) in [5.41, 5.74) is 2.28. The Morgan fingerprint density at radius 2 is 2.00 bits per heavy atom. The van der Waals surface area contributed by atoms with Crippen molar-refractivity contribution in [3.63, 3.8) is 0 Å². The lowest BCUT2D eigenvalue weighted by molar-refractivity contribution is 0.0268. The molecular formula is C18H28N4O. The maximum absolute atomic E-state index is 5.41. The van der Waals surface area contributed by atoms with Crippen molar-refractivity contribution in [1.29, 1.82) is 0 Å². The summed E-state index contributed by atoms with van der Waals surface area (Å²) in [4.78, 5) is 6.60. The van der Waals surface area contributed by atoms with E-state index in [1.165, 1.54) is 11.3 Å². The zero-order valence-corrected chi connectivity index (χ0v) is 14.6. The van der Waals surface area contributed by atoms with E-state index in [4.69, 9.17) is 4.74 Å². The maximum atomic E-state index is 5.41. The van der Waals surface area contributed by atoms with Crippen LogP contribution in [0.1, 0.15) is 19.4 Å². The summed E-state index contributed by atoms with van der Waals surface area (Å²) in [6.07, 6.45) is 4.41. The second-order valence-corrected chi connectivity index (χ2v) is 6.29. The molecule has 0 aromatic heterocycles. The van der Waals surface area contributed by atoms with E-state index in [9.17, 15) is 0 Å². The highest BCUT2D eigenvalue weighted by Gasteiger charge is 2.16. The number of benzene rings is 1. The molecule has 0 amide bonds. The van der Waals surface area contributed by atoms with Gasteiger partial charge in [0, 0.05) is 46.0 Å². The molecule has 2 N–H and O–H groups in total. The summed E-state index contributed by atoms with van der Waals surface area (Å²) in [7, 11) is 3.50. The summed E-state index contributed by atoms with van der Waals surface area (Å²) in [5, 5.41) is 6.64. The van der Waals surface area contributed by atoms with Crippen LogP contribution in [0.5, 0.6) is 0 Å². The molecule has 5 heteroatoms. The summed E-state index contributed by atoms with van der Waals surface area (Å²) >= 11 is 0. The molecule has 1 aromatic carbocycles. The van der Waals surface area contributed by atoms with Crippen LogP contribution in [0.2, 0.25) is 0 Å². The number of nitrogens with zero attached hydrogens (tertiary/aromatic N) is 2. The van der Waals surface area contributed by atoms with E-state index >= 15 is 0 Å². The highest BCUT2D eigenvalue weighted by atomic mass is 16.5. The fourth-order valence-corrected chi connectivity index (χ4v) is 2.33. The lowest BCUT2D eigenvalue weighted by Gasteiger charge is -2.24. The van der Waals surface area contributed by atoms with Crippen LogP contribution in [0, 0.1) is 0 Å². The molecule has 1 aliphatic rings. The third-order valence-corrected chi connectivity index (χ3v) is 4.01. The average Bonchev–Trinajstić information content (AvgIpc) is 3.10. The zero-order chi connectivity index (χ0) is 16.7. The van der Waals surface area contributed by atoms with Crippen molar-refractivity contribution in [1.82, 2.24) is 10.6 Å². The molecule has 0 saturated carbocycles. The predicted octanol–water partition coefficient (Wildman–Crippen LogP) is 2.15. The number of hydrogen-bond acceptors (Lipinski definition) is 3. The van der Waals surface area contributed by atoms with Crippen molar-refractivity contribution in [3.05, 3.63) is 42.0 Å². The highest BCUT2D eigenvalue weighted by Crippen LogP contribution is 2.18. The molecule has 0 unspecified atom stereocenters. The zero-order valence-electron chi connectivity index (χ0n) is 14.6. The van der Waals surface area contributed by atoms with Gasteiger partial charge in [0.25, 0.3) is 0 Å². The molecule has 0 radical (unpaired) electrons. The third-order valence-electron chi connectivity index (χ3n) is 4.01. The average molecular weight is 316 g/mol. The molecule has 0 bridgehead atoms. The van der Waals surface area contributed by atoms with Gasteiger partial charge in [-0.15, -0.1) is 0 Å². The van der Waals surface area contributed by atoms with E-state index in [1.54, 1.807) is 14.2 Å². The Morgan fingerprint density at radius 1 is 1.26 bits per heavy atom. The first-order valence-electron chi connectivity index (χ1n) is 8.02. The van der Waals surface area contributed by atoms with Crippen LogP contribution in [-0.2, 0) is 11.3 Å². The predicted molar refractivity (Wildman–Crippen MR) is 97.1 cm³/mol. The molecule has 0 saturated heterocycles. The van der Waals surface area contributed by atoms with E-state index in [1.807, 2.05) is 13.8 Å². The topological polar surface area (TPSA) is 48.9 Å². The number of ether oxygens (including phenoxy) is 1. The van der Waals surface area contributed by atoms with E-state index < -0.39 is 0 Å². The first-order valence-corrected chi connectivity index (χ1v) is 8.02. The van der Waals surface area contributed by atoms with Gasteiger partial charge in [0.15, 0.2) is 5.96 Å². The van der Waals surface area contributed by atoms with Gasteiger partial charge in [0.2, 0.25) is 0 Å².